The summed E-state index contributed by atoms with van der Waals surface area (Å²) in [5.74, 6) is 0.0331. The van der Waals surface area contributed by atoms with Crippen LogP contribution in [0.1, 0.15) is 53.9 Å². The van der Waals surface area contributed by atoms with Gasteiger partial charge in [-0.25, -0.2) is 19.3 Å². The number of nitrogens with zero attached hydrogens (tertiary/aromatic N) is 5. The van der Waals surface area contributed by atoms with Crippen LogP contribution in [0.4, 0.5) is 10.3 Å². The number of piperidine rings is 1. The number of nitrogens with two attached hydrogens (primary N) is 1. The average Bonchev–Trinajstić information content (AvgIpc) is 3.53. The number of aryl methyl sites for hydroxylation is 1. The van der Waals surface area contributed by atoms with E-state index in [0.29, 0.717) is 17.1 Å². The topological polar surface area (TPSA) is 115 Å². The molecule has 2 N–H and O–H groups in total. The SMILES string of the molecule is CCc1cnc(N2CCC(c3nc(COc4ccc(/C=C5\CC(=O)N(CCN)C5=O)cc4F)cs3)CC2)nc1. The van der Waals surface area contributed by atoms with E-state index in [1.54, 1.807) is 17.4 Å². The highest BCUT2D eigenvalue weighted by Gasteiger charge is 2.33. The van der Waals surface area contributed by atoms with Crippen molar-refractivity contribution in [3.05, 3.63) is 69.2 Å². The Bertz CT molecular complexity index is 1370. The standard InChI is InChI=1S/C28H31FN6O3S/c1-2-18-14-31-28(32-15-18)34-8-5-20(6-9-34)26-33-22(17-39-26)16-38-24-4-3-19(12-23(24)29)11-21-13-25(36)35(10-7-30)27(21)37/h3-4,11-12,14-15,17,20H,2,5-10,13,16,30H2,1H3/b21-11+. The molecule has 11 heteroatoms. The Hall–Kier alpha value is -3.70. The number of likely N-dealkylation sites (tertiary alicyclic amines) is 1. The molecule has 2 amide bonds. The quantitative estimate of drug-likeness (QED) is 0.317. The zero-order chi connectivity index (χ0) is 27.4. The van der Waals surface area contributed by atoms with E-state index in [1.165, 1.54) is 18.2 Å². The fourth-order valence-corrected chi connectivity index (χ4v) is 5.74. The van der Waals surface area contributed by atoms with Crippen LogP contribution in [-0.4, -0.2) is 57.8 Å². The number of carbonyl (C=O) groups excluding carboxylic acids is 2. The lowest BCUT2D eigenvalue weighted by Crippen LogP contribution is -2.34. The predicted octanol–water partition coefficient (Wildman–Crippen LogP) is 3.70. The van der Waals surface area contributed by atoms with E-state index in [9.17, 15) is 14.0 Å². The van der Waals surface area contributed by atoms with Gasteiger partial charge in [0.2, 0.25) is 11.9 Å². The Morgan fingerprint density at radius 3 is 2.67 bits per heavy atom. The van der Waals surface area contributed by atoms with E-state index in [0.717, 1.165) is 59.5 Å². The van der Waals surface area contributed by atoms with Crippen LogP contribution in [0.5, 0.6) is 5.75 Å². The molecule has 9 nitrogen and oxygen atoms in total. The van der Waals surface area contributed by atoms with Gasteiger partial charge in [-0.15, -0.1) is 11.3 Å². The van der Waals surface area contributed by atoms with Crippen molar-refractivity contribution in [1.82, 2.24) is 19.9 Å². The second-order valence-electron chi connectivity index (χ2n) is 9.65. The average molecular weight is 551 g/mol. The third-order valence-corrected chi connectivity index (χ3v) is 8.04. The first-order valence-corrected chi connectivity index (χ1v) is 14.0. The van der Waals surface area contributed by atoms with Crippen LogP contribution in [0.2, 0.25) is 0 Å². The Labute approximate surface area is 230 Å². The van der Waals surface area contributed by atoms with Gasteiger partial charge < -0.3 is 15.4 Å². The zero-order valence-electron chi connectivity index (χ0n) is 21.8. The molecule has 0 saturated carbocycles. The zero-order valence-corrected chi connectivity index (χ0v) is 22.6. The van der Waals surface area contributed by atoms with Crippen LogP contribution in [0.15, 0.2) is 41.5 Å². The van der Waals surface area contributed by atoms with Crippen molar-refractivity contribution in [1.29, 1.82) is 0 Å². The van der Waals surface area contributed by atoms with E-state index >= 15 is 0 Å². The normalized spacial score (nSPS) is 17.5. The highest BCUT2D eigenvalue weighted by atomic mass is 32.1. The molecule has 0 bridgehead atoms. The van der Waals surface area contributed by atoms with Crippen LogP contribution >= 0.6 is 11.3 Å². The molecule has 204 valence electrons. The predicted molar refractivity (Wildman–Crippen MR) is 147 cm³/mol. The summed E-state index contributed by atoms with van der Waals surface area (Å²) >= 11 is 1.61. The number of halogens is 1. The molecule has 2 aliphatic heterocycles. The van der Waals surface area contributed by atoms with E-state index in [-0.39, 0.29) is 43.7 Å². The van der Waals surface area contributed by atoms with Gasteiger partial charge in [-0.2, -0.15) is 0 Å². The van der Waals surface area contributed by atoms with Gasteiger partial charge >= 0.3 is 0 Å². The first-order valence-electron chi connectivity index (χ1n) is 13.1. The van der Waals surface area contributed by atoms with E-state index in [2.05, 4.69) is 21.8 Å². The summed E-state index contributed by atoms with van der Waals surface area (Å²) in [5.41, 5.74) is 8.17. The van der Waals surface area contributed by atoms with Crippen LogP contribution in [0, 0.1) is 5.82 Å². The van der Waals surface area contributed by atoms with Crippen molar-refractivity contribution in [2.75, 3.05) is 31.1 Å². The fourth-order valence-electron chi connectivity index (χ4n) is 4.76. The molecule has 4 heterocycles. The maximum Gasteiger partial charge on any atom is 0.256 e. The molecule has 0 unspecified atom stereocenters. The van der Waals surface area contributed by atoms with Crippen molar-refractivity contribution in [2.45, 2.75) is 45.1 Å². The molecule has 0 aliphatic carbocycles. The highest BCUT2D eigenvalue weighted by molar-refractivity contribution is 7.09. The number of amides is 2. The lowest BCUT2D eigenvalue weighted by Gasteiger charge is -2.31. The van der Waals surface area contributed by atoms with Crippen LogP contribution in [-0.2, 0) is 22.6 Å². The lowest BCUT2D eigenvalue weighted by atomic mass is 9.98. The molecular weight excluding hydrogens is 519 g/mol. The summed E-state index contributed by atoms with van der Waals surface area (Å²) < 4.78 is 20.5. The van der Waals surface area contributed by atoms with Gasteiger partial charge in [0, 0.05) is 55.4 Å². The van der Waals surface area contributed by atoms with Gasteiger partial charge in [-0.1, -0.05) is 13.0 Å². The number of carbonyl (C=O) groups is 2. The molecule has 2 aliphatic rings. The minimum absolute atomic E-state index is 0.0102. The van der Waals surface area contributed by atoms with E-state index in [1.807, 2.05) is 17.8 Å². The van der Waals surface area contributed by atoms with Crippen LogP contribution in [0.25, 0.3) is 6.08 Å². The lowest BCUT2D eigenvalue weighted by molar-refractivity contribution is -0.137. The number of aromatic nitrogens is 3. The van der Waals surface area contributed by atoms with Crippen LogP contribution in [0.3, 0.4) is 0 Å². The summed E-state index contributed by atoms with van der Waals surface area (Å²) in [7, 11) is 0. The second-order valence-corrected chi connectivity index (χ2v) is 10.5. The van der Waals surface area contributed by atoms with Gasteiger partial charge in [0.05, 0.1) is 17.1 Å². The van der Waals surface area contributed by atoms with Gasteiger partial charge in [0.15, 0.2) is 11.6 Å². The van der Waals surface area contributed by atoms with Gasteiger partial charge in [0.1, 0.15) is 6.61 Å². The molecule has 2 saturated heterocycles. The van der Waals surface area contributed by atoms with E-state index < -0.39 is 5.82 Å². The molecule has 2 fully saturated rings. The number of benzene rings is 1. The number of anilines is 1. The molecule has 2 aromatic heterocycles. The highest BCUT2D eigenvalue weighted by Crippen LogP contribution is 2.32. The first-order chi connectivity index (χ1) is 18.9. The fraction of sp³-hybridized carbons (Fsp3) is 0.393. The van der Waals surface area contributed by atoms with Gasteiger partial charge in [-0.05, 0) is 48.6 Å². The van der Waals surface area contributed by atoms with Crippen LogP contribution < -0.4 is 15.4 Å². The second kappa shape index (κ2) is 12.0. The van der Waals surface area contributed by atoms with Crippen molar-refractivity contribution in [3.8, 4) is 5.75 Å². The van der Waals surface area contributed by atoms with Crippen molar-refractivity contribution >= 4 is 35.2 Å². The summed E-state index contributed by atoms with van der Waals surface area (Å²) in [6.45, 7) is 4.38. The Morgan fingerprint density at radius 2 is 1.97 bits per heavy atom. The molecule has 0 atom stereocenters. The Kier molecular flexibility index (Phi) is 8.27. The van der Waals surface area contributed by atoms with Gasteiger partial charge in [0.25, 0.3) is 5.91 Å². The third kappa shape index (κ3) is 6.15. The smallest absolute Gasteiger partial charge is 0.256 e. The summed E-state index contributed by atoms with van der Waals surface area (Å²) in [6.07, 6.45) is 8.18. The van der Waals surface area contributed by atoms with Crippen molar-refractivity contribution in [3.63, 3.8) is 0 Å². The summed E-state index contributed by atoms with van der Waals surface area (Å²) in [4.78, 5) is 41.5. The maximum atomic E-state index is 14.7. The third-order valence-electron chi connectivity index (χ3n) is 6.98. The molecule has 1 aromatic carbocycles. The minimum Gasteiger partial charge on any atom is -0.484 e. The summed E-state index contributed by atoms with van der Waals surface area (Å²) in [6, 6.07) is 4.48. The summed E-state index contributed by atoms with van der Waals surface area (Å²) in [5, 5.41) is 3.03. The number of hydrogen-bond donors (Lipinski definition) is 1. The number of thiazole rings is 1. The molecular formula is C28H31FN6O3S. The monoisotopic (exact) mass is 550 g/mol. The van der Waals surface area contributed by atoms with E-state index in [4.69, 9.17) is 15.5 Å². The minimum atomic E-state index is -0.544. The first kappa shape index (κ1) is 26.9. The van der Waals surface area contributed by atoms with Crippen molar-refractivity contribution < 1.29 is 18.7 Å². The van der Waals surface area contributed by atoms with Gasteiger partial charge in [-0.3, -0.25) is 14.5 Å². The molecule has 0 spiro atoms. The van der Waals surface area contributed by atoms with Crippen molar-refractivity contribution in [2.24, 2.45) is 5.73 Å². The Morgan fingerprint density at radius 1 is 1.21 bits per heavy atom. The molecule has 3 aromatic rings. The number of ether oxygens (including phenoxy) is 1. The Balaban J connectivity index is 1.14. The number of imide groups is 1. The molecule has 5 rings (SSSR count). The number of rotatable bonds is 9. The largest absolute Gasteiger partial charge is 0.484 e. The molecule has 0 radical (unpaired) electrons. The maximum absolute atomic E-state index is 14.7. The number of hydrogen-bond acceptors (Lipinski definition) is 9. The molecule has 39 heavy (non-hydrogen) atoms.